The molecule has 1 saturated heterocycles. The molecule has 1 aliphatic heterocycles. The van der Waals surface area contributed by atoms with Gasteiger partial charge in [0.15, 0.2) is 0 Å². The zero-order valence-electron chi connectivity index (χ0n) is 9.70. The highest BCUT2D eigenvalue weighted by atomic mass is 16.4. The molecule has 0 spiro atoms. The molecule has 88 valence electrons. The van der Waals surface area contributed by atoms with Crippen molar-refractivity contribution in [3.05, 3.63) is 0 Å². The van der Waals surface area contributed by atoms with E-state index in [1.165, 1.54) is 19.4 Å². The predicted octanol–water partition coefficient (Wildman–Crippen LogP) is 0.781. The number of rotatable bonds is 5. The fraction of sp³-hybridized carbons (Fsp3) is 0.909. The van der Waals surface area contributed by atoms with Crippen LogP contribution in [-0.2, 0) is 4.79 Å². The lowest BCUT2D eigenvalue weighted by Crippen LogP contribution is -2.44. The third-order valence-corrected chi connectivity index (χ3v) is 3.06. The van der Waals surface area contributed by atoms with Gasteiger partial charge in [-0.15, -0.1) is 0 Å². The summed E-state index contributed by atoms with van der Waals surface area (Å²) in [6.07, 6.45) is 3.17. The van der Waals surface area contributed by atoms with Gasteiger partial charge < -0.3 is 15.3 Å². The van der Waals surface area contributed by atoms with Gasteiger partial charge in [-0.25, -0.2) is 0 Å². The molecule has 1 rings (SSSR count). The zero-order chi connectivity index (χ0) is 11.3. The Morgan fingerprint density at radius 2 is 2.40 bits per heavy atom. The normalized spacial score (nSPS) is 25.1. The van der Waals surface area contributed by atoms with Crippen LogP contribution in [0.3, 0.4) is 0 Å². The molecule has 0 aromatic carbocycles. The quantitative estimate of drug-likeness (QED) is 0.710. The minimum absolute atomic E-state index is 0.237. The molecular formula is C11H22N2O2. The van der Waals surface area contributed by atoms with Crippen molar-refractivity contribution in [3.63, 3.8) is 0 Å². The second-order valence-electron chi connectivity index (χ2n) is 4.58. The first-order valence-corrected chi connectivity index (χ1v) is 5.74. The van der Waals surface area contributed by atoms with Crippen molar-refractivity contribution in [2.24, 2.45) is 5.92 Å². The summed E-state index contributed by atoms with van der Waals surface area (Å²) >= 11 is 0. The molecule has 0 saturated carbocycles. The number of likely N-dealkylation sites (N-methyl/N-ethyl adjacent to an activating group) is 1. The van der Waals surface area contributed by atoms with Crippen molar-refractivity contribution < 1.29 is 9.90 Å². The van der Waals surface area contributed by atoms with E-state index in [4.69, 9.17) is 5.11 Å². The summed E-state index contributed by atoms with van der Waals surface area (Å²) < 4.78 is 0. The van der Waals surface area contributed by atoms with E-state index in [2.05, 4.69) is 17.3 Å². The third kappa shape index (κ3) is 4.62. The second kappa shape index (κ2) is 6.08. The lowest BCUT2D eigenvalue weighted by molar-refractivity contribution is -0.141. The first-order valence-electron chi connectivity index (χ1n) is 5.74. The summed E-state index contributed by atoms with van der Waals surface area (Å²) in [6, 6.07) is 0.546. The van der Waals surface area contributed by atoms with E-state index in [0.29, 0.717) is 6.04 Å². The van der Waals surface area contributed by atoms with Crippen LogP contribution in [0.25, 0.3) is 0 Å². The van der Waals surface area contributed by atoms with Crippen LogP contribution in [0.15, 0.2) is 0 Å². The summed E-state index contributed by atoms with van der Waals surface area (Å²) in [5.74, 6) is -0.934. The summed E-state index contributed by atoms with van der Waals surface area (Å²) in [4.78, 5) is 12.9. The van der Waals surface area contributed by atoms with Crippen molar-refractivity contribution in [2.75, 3.05) is 26.7 Å². The molecule has 0 aromatic heterocycles. The van der Waals surface area contributed by atoms with E-state index in [0.717, 1.165) is 19.5 Å². The fourth-order valence-electron chi connectivity index (χ4n) is 1.96. The number of likely N-dealkylation sites (tertiary alicyclic amines) is 1. The van der Waals surface area contributed by atoms with Crippen LogP contribution in [0.4, 0.5) is 0 Å². The van der Waals surface area contributed by atoms with Crippen LogP contribution in [0, 0.1) is 5.92 Å². The van der Waals surface area contributed by atoms with E-state index < -0.39 is 5.97 Å². The molecule has 0 aliphatic carbocycles. The van der Waals surface area contributed by atoms with Crippen LogP contribution in [0.2, 0.25) is 0 Å². The topological polar surface area (TPSA) is 52.6 Å². The lowest BCUT2D eigenvalue weighted by Gasteiger charge is -2.30. The molecule has 1 aliphatic rings. The number of carbonyl (C=O) groups is 1. The van der Waals surface area contributed by atoms with E-state index in [-0.39, 0.29) is 5.92 Å². The average molecular weight is 214 g/mol. The van der Waals surface area contributed by atoms with Gasteiger partial charge in [0.25, 0.3) is 0 Å². The summed E-state index contributed by atoms with van der Waals surface area (Å²) in [6.45, 7) is 4.84. The number of aliphatic carboxylic acids is 1. The molecule has 2 atom stereocenters. The van der Waals surface area contributed by atoms with Gasteiger partial charge in [-0.3, -0.25) is 4.79 Å². The second-order valence-corrected chi connectivity index (χ2v) is 4.58. The van der Waals surface area contributed by atoms with Gasteiger partial charge in [-0.2, -0.15) is 0 Å². The smallest absolute Gasteiger partial charge is 0.306 e. The summed E-state index contributed by atoms with van der Waals surface area (Å²) in [5.41, 5.74) is 0. The van der Waals surface area contributed by atoms with Crippen molar-refractivity contribution in [3.8, 4) is 0 Å². The van der Waals surface area contributed by atoms with Crippen LogP contribution in [0.1, 0.15) is 26.2 Å². The van der Waals surface area contributed by atoms with Gasteiger partial charge in [-0.1, -0.05) is 6.92 Å². The number of nitrogens with one attached hydrogen (secondary N) is 1. The van der Waals surface area contributed by atoms with Crippen molar-refractivity contribution in [2.45, 2.75) is 32.2 Å². The molecule has 0 amide bonds. The van der Waals surface area contributed by atoms with Crippen molar-refractivity contribution >= 4 is 5.97 Å². The number of carboxylic acid groups (broad SMARTS) is 1. The highest BCUT2D eigenvalue weighted by Crippen LogP contribution is 2.08. The molecule has 0 aromatic rings. The number of carboxylic acids is 1. The van der Waals surface area contributed by atoms with Crippen LogP contribution in [-0.4, -0.2) is 48.7 Å². The Bertz CT molecular complexity index is 209. The molecule has 0 radical (unpaired) electrons. The summed E-state index contributed by atoms with van der Waals surface area (Å²) in [7, 11) is 2.13. The monoisotopic (exact) mass is 214 g/mol. The third-order valence-electron chi connectivity index (χ3n) is 3.06. The largest absolute Gasteiger partial charge is 0.481 e. The van der Waals surface area contributed by atoms with Crippen LogP contribution < -0.4 is 5.32 Å². The van der Waals surface area contributed by atoms with Gasteiger partial charge in [0, 0.05) is 12.6 Å². The van der Waals surface area contributed by atoms with Gasteiger partial charge in [-0.05, 0) is 39.4 Å². The highest BCUT2D eigenvalue weighted by Gasteiger charge is 2.17. The summed E-state index contributed by atoms with van der Waals surface area (Å²) in [5, 5.41) is 12.2. The molecule has 2 N–H and O–H groups in total. The first kappa shape index (κ1) is 12.5. The average Bonchev–Trinajstić information content (AvgIpc) is 2.17. The Labute approximate surface area is 91.6 Å². The number of nitrogens with zero attached hydrogens (tertiary/aromatic N) is 1. The molecule has 2 unspecified atom stereocenters. The SMILES string of the molecule is CC(CCNC1CCCN(C)C1)C(=O)O. The standard InChI is InChI=1S/C11H22N2O2/c1-9(11(14)15)5-6-12-10-4-3-7-13(2)8-10/h9-10,12H,3-8H2,1-2H3,(H,14,15). The number of piperidine rings is 1. The maximum Gasteiger partial charge on any atom is 0.306 e. The molecule has 4 nitrogen and oxygen atoms in total. The van der Waals surface area contributed by atoms with E-state index in [1.54, 1.807) is 6.92 Å². The van der Waals surface area contributed by atoms with Gasteiger partial charge in [0.05, 0.1) is 5.92 Å². The van der Waals surface area contributed by atoms with E-state index in [9.17, 15) is 4.79 Å². The minimum atomic E-state index is -0.697. The molecule has 0 bridgehead atoms. The molecule has 1 heterocycles. The van der Waals surface area contributed by atoms with Crippen molar-refractivity contribution in [1.82, 2.24) is 10.2 Å². The molecule has 4 heteroatoms. The number of hydrogen-bond donors (Lipinski definition) is 2. The Morgan fingerprint density at radius 1 is 1.67 bits per heavy atom. The fourth-order valence-corrected chi connectivity index (χ4v) is 1.96. The van der Waals surface area contributed by atoms with Gasteiger partial charge in [0.1, 0.15) is 0 Å². The van der Waals surface area contributed by atoms with Crippen LogP contribution in [0.5, 0.6) is 0 Å². The first-order chi connectivity index (χ1) is 7.09. The Balaban J connectivity index is 2.11. The van der Waals surface area contributed by atoms with E-state index >= 15 is 0 Å². The predicted molar refractivity (Wildman–Crippen MR) is 59.9 cm³/mol. The van der Waals surface area contributed by atoms with Gasteiger partial charge >= 0.3 is 5.97 Å². The van der Waals surface area contributed by atoms with Crippen molar-refractivity contribution in [1.29, 1.82) is 0 Å². The maximum absolute atomic E-state index is 10.6. The Hall–Kier alpha value is -0.610. The lowest BCUT2D eigenvalue weighted by atomic mass is 10.0. The zero-order valence-corrected chi connectivity index (χ0v) is 9.70. The maximum atomic E-state index is 10.6. The Morgan fingerprint density at radius 3 is 3.00 bits per heavy atom. The minimum Gasteiger partial charge on any atom is -0.481 e. The highest BCUT2D eigenvalue weighted by molar-refractivity contribution is 5.69. The van der Waals surface area contributed by atoms with Gasteiger partial charge in [0.2, 0.25) is 0 Å². The Kier molecular flexibility index (Phi) is 5.05. The molecule has 1 fully saturated rings. The van der Waals surface area contributed by atoms with Crippen LogP contribution >= 0.6 is 0 Å². The molecule has 15 heavy (non-hydrogen) atoms. The number of hydrogen-bond acceptors (Lipinski definition) is 3. The van der Waals surface area contributed by atoms with E-state index in [1.807, 2.05) is 0 Å². The molecular weight excluding hydrogens is 192 g/mol.